The first-order valence-corrected chi connectivity index (χ1v) is 9.99. The van der Waals surface area contributed by atoms with E-state index in [9.17, 15) is 5.11 Å². The van der Waals surface area contributed by atoms with Crippen LogP contribution in [-0.4, -0.2) is 24.3 Å². The van der Waals surface area contributed by atoms with Gasteiger partial charge in [-0.05, 0) is 41.8 Å². The zero-order valence-electron chi connectivity index (χ0n) is 15.9. The van der Waals surface area contributed by atoms with Crippen molar-refractivity contribution in [3.8, 4) is 16.9 Å². The highest BCUT2D eigenvalue weighted by atomic mass is 35.5. The van der Waals surface area contributed by atoms with Gasteiger partial charge in [-0.25, -0.2) is 0 Å². The fourth-order valence-electron chi connectivity index (χ4n) is 3.82. The Bertz CT molecular complexity index is 972. The van der Waals surface area contributed by atoms with Crippen LogP contribution in [0.4, 0.5) is 5.69 Å². The van der Waals surface area contributed by atoms with E-state index in [2.05, 4.69) is 48.2 Å². The van der Waals surface area contributed by atoms with Crippen LogP contribution in [0.3, 0.4) is 0 Å². The van der Waals surface area contributed by atoms with Crippen molar-refractivity contribution < 1.29 is 9.84 Å². The molecule has 1 aliphatic heterocycles. The van der Waals surface area contributed by atoms with E-state index >= 15 is 0 Å². The summed E-state index contributed by atoms with van der Waals surface area (Å²) in [5, 5.41) is 10.5. The molecule has 1 atom stereocenters. The monoisotopic (exact) mass is 393 g/mol. The normalized spacial score (nSPS) is 16.4. The predicted molar refractivity (Wildman–Crippen MR) is 115 cm³/mol. The molecule has 3 nitrogen and oxygen atoms in total. The van der Waals surface area contributed by atoms with Crippen molar-refractivity contribution in [2.24, 2.45) is 0 Å². The van der Waals surface area contributed by atoms with Crippen LogP contribution in [0.15, 0.2) is 66.7 Å². The van der Waals surface area contributed by atoms with Gasteiger partial charge >= 0.3 is 0 Å². The summed E-state index contributed by atoms with van der Waals surface area (Å²) in [6.45, 7) is 3.81. The van der Waals surface area contributed by atoms with Crippen molar-refractivity contribution in [2.45, 2.75) is 26.1 Å². The number of aryl methyl sites for hydroxylation is 1. The molecule has 0 radical (unpaired) electrons. The van der Waals surface area contributed by atoms with Gasteiger partial charge in [-0.2, -0.15) is 0 Å². The third-order valence-corrected chi connectivity index (χ3v) is 5.64. The number of nitrogens with zero attached hydrogens (tertiary/aromatic N) is 1. The number of hydrogen-bond donors (Lipinski definition) is 1. The van der Waals surface area contributed by atoms with Gasteiger partial charge in [0.1, 0.15) is 11.9 Å². The van der Waals surface area contributed by atoms with Gasteiger partial charge in [0.2, 0.25) is 0 Å². The lowest BCUT2D eigenvalue weighted by Gasteiger charge is -2.23. The molecule has 3 aromatic carbocycles. The molecule has 144 valence electrons. The quantitative estimate of drug-likeness (QED) is 0.624. The lowest BCUT2D eigenvalue weighted by atomic mass is 9.98. The fourth-order valence-corrected chi connectivity index (χ4v) is 4.00. The molecule has 1 aliphatic rings. The minimum absolute atomic E-state index is 0.0237. The number of hydrogen-bond acceptors (Lipinski definition) is 3. The number of aliphatic hydroxyl groups is 1. The number of rotatable bonds is 5. The van der Waals surface area contributed by atoms with Gasteiger partial charge in [0.25, 0.3) is 0 Å². The molecule has 4 rings (SSSR count). The number of anilines is 1. The molecule has 1 heterocycles. The summed E-state index contributed by atoms with van der Waals surface area (Å²) in [4.78, 5) is 2.30. The van der Waals surface area contributed by atoms with E-state index in [4.69, 9.17) is 16.3 Å². The van der Waals surface area contributed by atoms with Crippen molar-refractivity contribution in [1.29, 1.82) is 0 Å². The number of ether oxygens (including phenoxy) is 1. The number of aliphatic hydroxyl groups excluding tert-OH is 1. The zero-order chi connectivity index (χ0) is 19.5. The first kappa shape index (κ1) is 18.9. The van der Waals surface area contributed by atoms with Crippen molar-refractivity contribution in [3.63, 3.8) is 0 Å². The molecule has 4 heteroatoms. The second-order valence-corrected chi connectivity index (χ2v) is 7.63. The van der Waals surface area contributed by atoms with Crippen molar-refractivity contribution in [2.75, 3.05) is 18.0 Å². The topological polar surface area (TPSA) is 32.7 Å². The van der Waals surface area contributed by atoms with Crippen LogP contribution in [0.25, 0.3) is 11.1 Å². The largest absolute Gasteiger partial charge is 0.487 e. The number of benzene rings is 3. The molecular formula is C24H24ClNO2. The van der Waals surface area contributed by atoms with Gasteiger partial charge < -0.3 is 14.7 Å². The second kappa shape index (κ2) is 8.26. The first-order chi connectivity index (χ1) is 13.7. The standard InChI is InChI=1S/C24H24ClNO2/c1-17-6-2-3-7-21(17)18-10-11-19(16-27)23(14-18)26-13-12-20(15-26)28-24-9-5-4-8-22(24)25/h2-11,14,20,27H,12-13,15-16H2,1H3/t20-/m0/s1. The third-order valence-electron chi connectivity index (χ3n) is 5.33. The molecule has 1 fully saturated rings. The lowest BCUT2D eigenvalue weighted by Crippen LogP contribution is -2.25. The maximum atomic E-state index is 9.86. The zero-order valence-corrected chi connectivity index (χ0v) is 16.7. The summed E-state index contributed by atoms with van der Waals surface area (Å²) in [6.07, 6.45) is 0.999. The van der Waals surface area contributed by atoms with Crippen molar-refractivity contribution >= 4 is 17.3 Å². The molecule has 1 saturated heterocycles. The van der Waals surface area contributed by atoms with Crippen molar-refractivity contribution in [3.05, 3.63) is 82.9 Å². The predicted octanol–water partition coefficient (Wildman–Crippen LogP) is 5.47. The second-order valence-electron chi connectivity index (χ2n) is 7.22. The Balaban J connectivity index is 1.58. The van der Waals surface area contributed by atoms with Crippen LogP contribution < -0.4 is 9.64 Å². The average Bonchev–Trinajstić information content (AvgIpc) is 3.18. The summed E-state index contributed by atoms with van der Waals surface area (Å²) in [6, 6.07) is 22.3. The third kappa shape index (κ3) is 3.87. The molecule has 0 spiro atoms. The minimum atomic E-state index is 0.0237. The van der Waals surface area contributed by atoms with E-state index in [1.807, 2.05) is 30.3 Å². The molecule has 0 unspecified atom stereocenters. The Morgan fingerprint density at radius 2 is 1.86 bits per heavy atom. The van der Waals surface area contributed by atoms with Gasteiger partial charge in [0.15, 0.2) is 0 Å². The number of halogens is 1. The van der Waals surface area contributed by atoms with E-state index in [1.54, 1.807) is 0 Å². The molecule has 0 aliphatic carbocycles. The van der Waals surface area contributed by atoms with Crippen LogP contribution in [0, 0.1) is 6.92 Å². The molecule has 0 bridgehead atoms. The van der Waals surface area contributed by atoms with E-state index in [0.29, 0.717) is 5.02 Å². The fraction of sp³-hybridized carbons (Fsp3) is 0.250. The summed E-state index contributed by atoms with van der Waals surface area (Å²) in [5.41, 5.74) is 5.65. The molecular weight excluding hydrogens is 370 g/mol. The Morgan fingerprint density at radius 1 is 1.07 bits per heavy atom. The van der Waals surface area contributed by atoms with E-state index < -0.39 is 0 Å². The number of para-hydroxylation sites is 1. The minimum Gasteiger partial charge on any atom is -0.487 e. The lowest BCUT2D eigenvalue weighted by molar-refractivity contribution is 0.225. The maximum absolute atomic E-state index is 9.86. The first-order valence-electron chi connectivity index (χ1n) is 9.61. The Labute approximate surface area is 171 Å². The highest BCUT2D eigenvalue weighted by Gasteiger charge is 2.26. The molecule has 1 N–H and O–H groups in total. The summed E-state index contributed by atoms with van der Waals surface area (Å²) in [5.74, 6) is 0.729. The van der Waals surface area contributed by atoms with Crippen LogP contribution in [0.2, 0.25) is 5.02 Å². The highest BCUT2D eigenvalue weighted by Crippen LogP contribution is 2.33. The van der Waals surface area contributed by atoms with Gasteiger partial charge in [-0.15, -0.1) is 0 Å². The molecule has 0 aromatic heterocycles. The molecule has 3 aromatic rings. The molecule has 28 heavy (non-hydrogen) atoms. The van der Waals surface area contributed by atoms with E-state index in [1.165, 1.54) is 16.7 Å². The average molecular weight is 394 g/mol. The van der Waals surface area contributed by atoms with Crippen LogP contribution in [0.1, 0.15) is 17.5 Å². The Kier molecular flexibility index (Phi) is 5.56. The maximum Gasteiger partial charge on any atom is 0.138 e. The SMILES string of the molecule is Cc1ccccc1-c1ccc(CO)c(N2CC[C@H](Oc3ccccc3Cl)C2)c1. The van der Waals surface area contributed by atoms with Gasteiger partial charge in [0.05, 0.1) is 18.2 Å². The molecule has 0 saturated carbocycles. The Hall–Kier alpha value is -2.49. The van der Waals surface area contributed by atoms with Crippen LogP contribution in [0.5, 0.6) is 5.75 Å². The summed E-state index contributed by atoms with van der Waals surface area (Å²) >= 11 is 6.24. The van der Waals surface area contributed by atoms with Crippen molar-refractivity contribution in [1.82, 2.24) is 0 Å². The summed E-state index contributed by atoms with van der Waals surface area (Å²) < 4.78 is 6.13. The smallest absolute Gasteiger partial charge is 0.138 e. The van der Waals surface area contributed by atoms with E-state index in [-0.39, 0.29) is 12.7 Å². The highest BCUT2D eigenvalue weighted by molar-refractivity contribution is 6.32. The molecule has 0 amide bonds. The van der Waals surface area contributed by atoms with Gasteiger partial charge in [0, 0.05) is 24.2 Å². The van der Waals surface area contributed by atoms with E-state index in [0.717, 1.165) is 36.5 Å². The van der Waals surface area contributed by atoms with Gasteiger partial charge in [-0.3, -0.25) is 0 Å². The van der Waals surface area contributed by atoms with Crippen LogP contribution in [-0.2, 0) is 6.61 Å². The van der Waals surface area contributed by atoms with Crippen LogP contribution >= 0.6 is 11.6 Å². The van der Waals surface area contributed by atoms with Gasteiger partial charge in [-0.1, -0.05) is 60.1 Å². The summed E-state index contributed by atoms with van der Waals surface area (Å²) in [7, 11) is 0. The Morgan fingerprint density at radius 3 is 2.64 bits per heavy atom.